The molecule has 30 heavy (non-hydrogen) atoms. The van der Waals surface area contributed by atoms with Gasteiger partial charge in [-0.3, -0.25) is 9.80 Å². The van der Waals surface area contributed by atoms with E-state index in [1.807, 2.05) is 0 Å². The molecule has 10 heteroatoms. The fraction of sp³-hybridized carbons (Fsp3) is 0.450. The molecule has 0 spiro atoms. The second-order valence-corrected chi connectivity index (χ2v) is 7.77. The van der Waals surface area contributed by atoms with Gasteiger partial charge >= 0.3 is 12.1 Å². The summed E-state index contributed by atoms with van der Waals surface area (Å²) in [7, 11) is 0. The zero-order valence-corrected chi connectivity index (χ0v) is 16.0. The smallest absolute Gasteiger partial charge is 0.407 e. The van der Waals surface area contributed by atoms with Crippen LogP contribution in [0.4, 0.5) is 13.2 Å². The quantitative estimate of drug-likeness (QED) is 0.707. The summed E-state index contributed by atoms with van der Waals surface area (Å²) in [6.07, 6.45) is -5.31. The van der Waals surface area contributed by atoms with Gasteiger partial charge in [-0.25, -0.2) is 4.79 Å². The molecular weight excluding hydrogens is 403 g/mol. The van der Waals surface area contributed by atoms with Crippen molar-refractivity contribution in [3.8, 4) is 0 Å². The van der Waals surface area contributed by atoms with Gasteiger partial charge in [0.2, 0.25) is 5.91 Å². The minimum absolute atomic E-state index is 0.0968. The van der Waals surface area contributed by atoms with Gasteiger partial charge < -0.3 is 15.1 Å². The number of benzene rings is 1. The van der Waals surface area contributed by atoms with Crippen LogP contribution in [0.2, 0.25) is 0 Å². The highest BCUT2D eigenvalue weighted by atomic mass is 19.4. The van der Waals surface area contributed by atoms with Crippen molar-refractivity contribution in [3.05, 3.63) is 47.2 Å². The van der Waals surface area contributed by atoms with E-state index in [0.29, 0.717) is 11.3 Å². The molecule has 1 saturated heterocycles. The van der Waals surface area contributed by atoms with Crippen LogP contribution in [0.25, 0.3) is 0 Å². The number of β-lactam (4-membered cyclic amide) rings is 1. The van der Waals surface area contributed by atoms with Crippen molar-refractivity contribution >= 4 is 17.6 Å². The van der Waals surface area contributed by atoms with Gasteiger partial charge in [0.25, 0.3) is 0 Å². The standard InChI is InChI=1S/C20H20F3N3O4/c1-10(27)16-15-7-12(17(19(29)30)26(15)18(16)28)14-8-13(11-5-3-2-4-6-11)24-25(14)9-20(21,22)23/h2-6,10,14-16,27H,7-9H2,1H3,(H,29,30)/t10-,14-,15-,16-/m1/s1. The lowest BCUT2D eigenvalue weighted by Crippen LogP contribution is -2.61. The van der Waals surface area contributed by atoms with Crippen LogP contribution >= 0.6 is 0 Å². The molecule has 4 rings (SSSR count). The molecule has 0 bridgehead atoms. The maximum absolute atomic E-state index is 13.2. The number of amides is 1. The molecule has 3 aliphatic heterocycles. The Labute approximate surface area is 170 Å². The average molecular weight is 423 g/mol. The number of fused-ring (bicyclic) bond motifs is 1. The number of carbonyl (C=O) groups is 2. The van der Waals surface area contributed by atoms with Gasteiger partial charge in [-0.1, -0.05) is 30.3 Å². The summed E-state index contributed by atoms with van der Waals surface area (Å²) in [5, 5.41) is 24.6. The third-order valence-corrected chi connectivity index (χ3v) is 5.81. The normalized spacial score (nSPS) is 27.2. The van der Waals surface area contributed by atoms with E-state index in [-0.39, 0.29) is 24.1 Å². The molecule has 160 valence electrons. The molecule has 0 aromatic heterocycles. The third-order valence-electron chi connectivity index (χ3n) is 5.81. The predicted octanol–water partition coefficient (Wildman–Crippen LogP) is 1.98. The highest BCUT2D eigenvalue weighted by Gasteiger charge is 2.58. The minimum atomic E-state index is -4.53. The van der Waals surface area contributed by atoms with E-state index in [9.17, 15) is 33.0 Å². The third kappa shape index (κ3) is 3.34. The van der Waals surface area contributed by atoms with E-state index in [0.717, 1.165) is 9.91 Å². The van der Waals surface area contributed by atoms with Gasteiger partial charge in [0, 0.05) is 6.42 Å². The maximum atomic E-state index is 13.2. The van der Waals surface area contributed by atoms with Crippen molar-refractivity contribution in [3.63, 3.8) is 0 Å². The van der Waals surface area contributed by atoms with E-state index in [1.165, 1.54) is 6.92 Å². The molecule has 3 heterocycles. The molecule has 0 aliphatic carbocycles. The molecule has 7 nitrogen and oxygen atoms in total. The lowest BCUT2D eigenvalue weighted by Gasteiger charge is -2.44. The van der Waals surface area contributed by atoms with Crippen LogP contribution in [0.1, 0.15) is 25.3 Å². The first-order chi connectivity index (χ1) is 14.1. The number of carbonyl (C=O) groups excluding carboxylic acids is 1. The summed E-state index contributed by atoms with van der Waals surface area (Å²) in [6.45, 7) is 0.114. The second kappa shape index (κ2) is 7.12. The lowest BCUT2D eigenvalue weighted by atomic mass is 9.82. The maximum Gasteiger partial charge on any atom is 0.407 e. The number of aliphatic hydroxyl groups is 1. The fourth-order valence-corrected chi connectivity index (χ4v) is 4.59. The molecule has 0 unspecified atom stereocenters. The predicted molar refractivity (Wildman–Crippen MR) is 99.2 cm³/mol. The van der Waals surface area contributed by atoms with E-state index in [2.05, 4.69) is 5.10 Å². The Balaban J connectivity index is 1.71. The summed E-state index contributed by atoms with van der Waals surface area (Å²) >= 11 is 0. The number of rotatable bonds is 5. The number of aliphatic carboxylic acids is 1. The topological polar surface area (TPSA) is 93.4 Å². The summed E-state index contributed by atoms with van der Waals surface area (Å²) in [5.74, 6) is -2.65. The first-order valence-corrected chi connectivity index (χ1v) is 9.52. The SMILES string of the molecule is C[C@@H](O)[C@H]1C(=O)N2C(C(=O)O)=C([C@H]3CC(c4ccccc4)=NN3CC(F)(F)F)C[C@H]12. The van der Waals surface area contributed by atoms with Crippen molar-refractivity contribution in [1.82, 2.24) is 9.91 Å². The zero-order chi connectivity index (χ0) is 21.8. The van der Waals surface area contributed by atoms with E-state index < -0.39 is 48.7 Å². The van der Waals surface area contributed by atoms with Gasteiger partial charge in [0.1, 0.15) is 12.2 Å². The molecule has 1 aromatic carbocycles. The fourth-order valence-electron chi connectivity index (χ4n) is 4.59. The van der Waals surface area contributed by atoms with Gasteiger partial charge in [-0.2, -0.15) is 18.3 Å². The average Bonchev–Trinajstić information content (AvgIpc) is 3.19. The van der Waals surface area contributed by atoms with Crippen molar-refractivity contribution < 1.29 is 33.0 Å². The molecule has 2 N–H and O–H groups in total. The van der Waals surface area contributed by atoms with Crippen molar-refractivity contribution in [2.75, 3.05) is 6.54 Å². The Hall–Kier alpha value is -2.88. The Morgan fingerprint density at radius 2 is 1.93 bits per heavy atom. The number of carboxylic acids is 1. The monoisotopic (exact) mass is 423 g/mol. The molecule has 4 atom stereocenters. The number of aliphatic hydroxyl groups excluding tert-OH is 1. The number of hydrogen-bond acceptors (Lipinski definition) is 5. The first-order valence-electron chi connectivity index (χ1n) is 9.52. The number of nitrogens with zero attached hydrogens (tertiary/aromatic N) is 3. The van der Waals surface area contributed by atoms with Crippen LogP contribution in [-0.2, 0) is 9.59 Å². The summed E-state index contributed by atoms with van der Waals surface area (Å²) < 4.78 is 39.6. The molecule has 1 fully saturated rings. The van der Waals surface area contributed by atoms with Crippen LogP contribution < -0.4 is 0 Å². The van der Waals surface area contributed by atoms with Gasteiger partial charge in [-0.05, 0) is 24.5 Å². The van der Waals surface area contributed by atoms with Crippen LogP contribution in [-0.4, -0.2) is 68.6 Å². The van der Waals surface area contributed by atoms with Gasteiger partial charge in [0.15, 0.2) is 0 Å². The highest BCUT2D eigenvalue weighted by molar-refractivity contribution is 6.03. The van der Waals surface area contributed by atoms with E-state index in [4.69, 9.17) is 0 Å². The Morgan fingerprint density at radius 3 is 2.50 bits per heavy atom. The number of alkyl halides is 3. The van der Waals surface area contributed by atoms with Crippen LogP contribution in [0.3, 0.4) is 0 Å². The molecule has 1 amide bonds. The van der Waals surface area contributed by atoms with Gasteiger partial charge in [0.05, 0.1) is 29.8 Å². The van der Waals surface area contributed by atoms with Crippen molar-refractivity contribution in [1.29, 1.82) is 0 Å². The zero-order valence-electron chi connectivity index (χ0n) is 16.0. The summed E-state index contributed by atoms with van der Waals surface area (Å²) in [6, 6.07) is 7.23. The number of hydrogen-bond donors (Lipinski definition) is 2. The van der Waals surface area contributed by atoms with E-state index >= 15 is 0 Å². The molecule has 1 aromatic rings. The summed E-state index contributed by atoms with van der Waals surface area (Å²) in [4.78, 5) is 25.4. The molecule has 3 aliphatic rings. The van der Waals surface area contributed by atoms with Crippen molar-refractivity contribution in [2.24, 2.45) is 11.0 Å². The van der Waals surface area contributed by atoms with E-state index in [1.54, 1.807) is 30.3 Å². The number of halogens is 3. The minimum Gasteiger partial charge on any atom is -0.477 e. The lowest BCUT2D eigenvalue weighted by molar-refractivity contribution is -0.161. The van der Waals surface area contributed by atoms with Crippen LogP contribution in [0.15, 0.2) is 46.7 Å². The van der Waals surface area contributed by atoms with Gasteiger partial charge in [-0.15, -0.1) is 0 Å². The Morgan fingerprint density at radius 1 is 1.27 bits per heavy atom. The largest absolute Gasteiger partial charge is 0.477 e. The highest BCUT2D eigenvalue weighted by Crippen LogP contribution is 2.47. The molecule has 0 saturated carbocycles. The van der Waals surface area contributed by atoms with Crippen LogP contribution in [0, 0.1) is 5.92 Å². The second-order valence-electron chi connectivity index (χ2n) is 7.77. The molecular formula is C20H20F3N3O4. The van der Waals surface area contributed by atoms with Crippen LogP contribution in [0.5, 0.6) is 0 Å². The Kier molecular flexibility index (Phi) is 4.84. The Bertz CT molecular complexity index is 942. The number of carboxylic acid groups (broad SMARTS) is 1. The summed E-state index contributed by atoms with van der Waals surface area (Å²) in [5.41, 5.74) is 1.03. The van der Waals surface area contributed by atoms with Crippen molar-refractivity contribution in [2.45, 2.75) is 44.1 Å². The first kappa shape index (κ1) is 20.4. The number of hydrazone groups is 1. The molecule has 0 radical (unpaired) electrons.